The van der Waals surface area contributed by atoms with Gasteiger partial charge in [0.05, 0.1) is 9.89 Å². The molecule has 1 atom stereocenters. The van der Waals surface area contributed by atoms with Crippen molar-refractivity contribution in [3.63, 3.8) is 0 Å². The van der Waals surface area contributed by atoms with Gasteiger partial charge in [0.25, 0.3) is 0 Å². The van der Waals surface area contributed by atoms with Gasteiger partial charge in [-0.1, -0.05) is 0 Å². The fourth-order valence-electron chi connectivity index (χ4n) is 0.969. The van der Waals surface area contributed by atoms with E-state index in [1.54, 1.807) is 11.3 Å². The van der Waals surface area contributed by atoms with Crippen molar-refractivity contribution < 1.29 is 5.11 Å². The summed E-state index contributed by atoms with van der Waals surface area (Å²) in [6.07, 6.45) is 0.606. The molecule has 1 aromatic heterocycles. The Balaban J connectivity index is 2.13. The maximum atomic E-state index is 9.01. The minimum atomic E-state index is -0.206. The molecule has 0 unspecified atom stereocenters. The number of aliphatic hydroxyl groups excluding tert-OH is 1. The Labute approximate surface area is 91.1 Å². The summed E-state index contributed by atoms with van der Waals surface area (Å²) in [5.41, 5.74) is 0. The fourth-order valence-corrected chi connectivity index (χ4v) is 2.42. The van der Waals surface area contributed by atoms with E-state index in [1.807, 2.05) is 6.92 Å². The summed E-state index contributed by atoms with van der Waals surface area (Å²) in [6.45, 7) is 3.57. The van der Waals surface area contributed by atoms with Crippen LogP contribution in [0.2, 0.25) is 0 Å². The molecule has 0 radical (unpaired) electrons. The topological polar surface area (TPSA) is 32.3 Å². The molecular weight excluding hydrogens is 250 g/mol. The van der Waals surface area contributed by atoms with E-state index in [4.69, 9.17) is 5.11 Å². The second-order valence-corrected chi connectivity index (χ2v) is 5.57. The van der Waals surface area contributed by atoms with Crippen molar-refractivity contribution in [2.75, 3.05) is 6.54 Å². The van der Waals surface area contributed by atoms with Crippen LogP contribution in [0.4, 0.5) is 0 Å². The van der Waals surface area contributed by atoms with E-state index in [-0.39, 0.29) is 6.10 Å². The molecule has 0 bridgehead atoms. The molecule has 13 heavy (non-hydrogen) atoms. The van der Waals surface area contributed by atoms with Crippen molar-refractivity contribution in [1.82, 2.24) is 5.32 Å². The average Bonchev–Trinajstić information content (AvgIpc) is 2.45. The van der Waals surface area contributed by atoms with Crippen molar-refractivity contribution in [3.8, 4) is 0 Å². The van der Waals surface area contributed by atoms with Crippen LogP contribution < -0.4 is 5.32 Å². The van der Waals surface area contributed by atoms with Gasteiger partial charge in [0, 0.05) is 11.4 Å². The molecule has 0 spiro atoms. The summed E-state index contributed by atoms with van der Waals surface area (Å²) < 4.78 is 1.17. The number of thiophene rings is 1. The largest absolute Gasteiger partial charge is 0.393 e. The zero-order valence-electron chi connectivity index (χ0n) is 7.59. The van der Waals surface area contributed by atoms with Crippen molar-refractivity contribution in [1.29, 1.82) is 0 Å². The van der Waals surface area contributed by atoms with Gasteiger partial charge in [-0.05, 0) is 48.0 Å². The summed E-state index contributed by atoms with van der Waals surface area (Å²) in [4.78, 5) is 1.32. The number of aliphatic hydroxyl groups is 1. The van der Waals surface area contributed by atoms with E-state index in [1.165, 1.54) is 8.66 Å². The van der Waals surface area contributed by atoms with Crippen LogP contribution in [0.3, 0.4) is 0 Å². The molecule has 0 aliphatic heterocycles. The van der Waals surface area contributed by atoms with Crippen molar-refractivity contribution in [2.45, 2.75) is 26.0 Å². The first kappa shape index (κ1) is 11.2. The average molecular weight is 264 g/mol. The van der Waals surface area contributed by atoms with Gasteiger partial charge in [0.1, 0.15) is 0 Å². The summed E-state index contributed by atoms with van der Waals surface area (Å²) in [6, 6.07) is 4.15. The highest BCUT2D eigenvalue weighted by Crippen LogP contribution is 2.21. The molecule has 0 aliphatic rings. The van der Waals surface area contributed by atoms with Gasteiger partial charge in [-0.25, -0.2) is 0 Å². The molecule has 2 nitrogen and oxygen atoms in total. The Morgan fingerprint density at radius 3 is 2.92 bits per heavy atom. The van der Waals surface area contributed by atoms with E-state index in [0.717, 1.165) is 19.5 Å². The van der Waals surface area contributed by atoms with E-state index >= 15 is 0 Å². The van der Waals surface area contributed by atoms with Crippen LogP contribution in [-0.2, 0) is 6.54 Å². The summed E-state index contributed by atoms with van der Waals surface area (Å²) in [7, 11) is 0. The number of halogens is 1. The smallest absolute Gasteiger partial charge is 0.0701 e. The quantitative estimate of drug-likeness (QED) is 0.800. The van der Waals surface area contributed by atoms with E-state index in [9.17, 15) is 0 Å². The van der Waals surface area contributed by atoms with Gasteiger partial charge in [-0.15, -0.1) is 11.3 Å². The third-order valence-corrected chi connectivity index (χ3v) is 3.29. The van der Waals surface area contributed by atoms with Crippen LogP contribution in [0.1, 0.15) is 18.2 Å². The number of rotatable bonds is 5. The number of nitrogens with one attached hydrogen (secondary N) is 1. The maximum Gasteiger partial charge on any atom is 0.0701 e. The van der Waals surface area contributed by atoms with Gasteiger partial charge in [0.15, 0.2) is 0 Å². The van der Waals surface area contributed by atoms with Crippen molar-refractivity contribution >= 4 is 27.3 Å². The second kappa shape index (κ2) is 5.75. The SMILES string of the molecule is C[C@@H](O)CCNCc1ccc(Br)s1. The Bertz CT molecular complexity index is 250. The normalized spacial score (nSPS) is 13.2. The highest BCUT2D eigenvalue weighted by atomic mass is 79.9. The third-order valence-electron chi connectivity index (χ3n) is 1.67. The van der Waals surface area contributed by atoms with Crippen LogP contribution in [-0.4, -0.2) is 17.8 Å². The zero-order chi connectivity index (χ0) is 9.68. The molecule has 0 aliphatic carbocycles. The second-order valence-electron chi connectivity index (χ2n) is 3.02. The monoisotopic (exact) mass is 263 g/mol. The first-order valence-corrected chi connectivity index (χ1v) is 5.92. The Hall–Kier alpha value is 0.1000. The molecule has 1 heterocycles. The van der Waals surface area contributed by atoms with Gasteiger partial charge < -0.3 is 10.4 Å². The molecule has 4 heteroatoms. The lowest BCUT2D eigenvalue weighted by atomic mass is 10.3. The third kappa shape index (κ3) is 4.76. The molecule has 2 N–H and O–H groups in total. The van der Waals surface area contributed by atoms with Crippen LogP contribution in [0.25, 0.3) is 0 Å². The molecule has 0 fully saturated rings. The van der Waals surface area contributed by atoms with Gasteiger partial charge in [-0.3, -0.25) is 0 Å². The van der Waals surface area contributed by atoms with E-state index in [2.05, 4.69) is 33.4 Å². The minimum absolute atomic E-state index is 0.206. The fraction of sp³-hybridized carbons (Fsp3) is 0.556. The molecular formula is C9H14BrNOS. The molecule has 1 aromatic rings. The van der Waals surface area contributed by atoms with Crippen LogP contribution in [0.15, 0.2) is 15.9 Å². The molecule has 1 rings (SSSR count). The first-order chi connectivity index (χ1) is 6.18. The summed E-state index contributed by atoms with van der Waals surface area (Å²) >= 11 is 5.15. The van der Waals surface area contributed by atoms with Crippen molar-refractivity contribution in [3.05, 3.63) is 20.8 Å². The van der Waals surface area contributed by atoms with E-state index in [0.29, 0.717) is 0 Å². The zero-order valence-corrected chi connectivity index (χ0v) is 9.99. The van der Waals surface area contributed by atoms with Crippen LogP contribution >= 0.6 is 27.3 Å². The standard InChI is InChI=1S/C9H14BrNOS/c1-7(12)4-5-11-6-8-2-3-9(10)13-8/h2-3,7,11-12H,4-6H2,1H3/t7-/m1/s1. The molecule has 0 saturated heterocycles. The summed E-state index contributed by atoms with van der Waals surface area (Å²) in [5.74, 6) is 0. The summed E-state index contributed by atoms with van der Waals surface area (Å²) in [5, 5.41) is 12.3. The van der Waals surface area contributed by atoms with Gasteiger partial charge in [-0.2, -0.15) is 0 Å². The highest BCUT2D eigenvalue weighted by molar-refractivity contribution is 9.11. The molecule has 0 saturated carbocycles. The molecule has 74 valence electrons. The lowest BCUT2D eigenvalue weighted by Gasteiger charge is -2.04. The molecule has 0 aromatic carbocycles. The lowest BCUT2D eigenvalue weighted by molar-refractivity contribution is 0.183. The predicted octanol–water partition coefficient (Wildman–Crippen LogP) is 2.37. The highest BCUT2D eigenvalue weighted by Gasteiger charge is 1.98. The van der Waals surface area contributed by atoms with E-state index < -0.39 is 0 Å². The van der Waals surface area contributed by atoms with Crippen LogP contribution in [0, 0.1) is 0 Å². The molecule has 0 amide bonds. The Morgan fingerprint density at radius 2 is 2.38 bits per heavy atom. The van der Waals surface area contributed by atoms with Gasteiger partial charge in [0.2, 0.25) is 0 Å². The van der Waals surface area contributed by atoms with Gasteiger partial charge >= 0.3 is 0 Å². The Morgan fingerprint density at radius 1 is 1.62 bits per heavy atom. The maximum absolute atomic E-state index is 9.01. The first-order valence-electron chi connectivity index (χ1n) is 4.31. The number of hydrogen-bond donors (Lipinski definition) is 2. The Kier molecular flexibility index (Phi) is 4.94. The van der Waals surface area contributed by atoms with Crippen LogP contribution in [0.5, 0.6) is 0 Å². The number of hydrogen-bond acceptors (Lipinski definition) is 3. The minimum Gasteiger partial charge on any atom is -0.393 e. The van der Waals surface area contributed by atoms with Crippen molar-refractivity contribution in [2.24, 2.45) is 0 Å². The lowest BCUT2D eigenvalue weighted by Crippen LogP contribution is -2.17. The predicted molar refractivity (Wildman–Crippen MR) is 60.0 cm³/mol.